The zero-order valence-electron chi connectivity index (χ0n) is 9.51. The molecule has 0 atom stereocenters. The molecule has 0 saturated carbocycles. The van der Waals surface area contributed by atoms with Crippen molar-refractivity contribution in [1.29, 1.82) is 0 Å². The van der Waals surface area contributed by atoms with E-state index in [2.05, 4.69) is 5.10 Å². The molecule has 0 aliphatic carbocycles. The fraction of sp³-hybridized carbons (Fsp3) is 0.667. The Hall–Kier alpha value is -0.845. The molecule has 0 aliphatic rings. The molecule has 0 radical (unpaired) electrons. The zero-order chi connectivity index (χ0) is 11.7. The van der Waals surface area contributed by atoms with E-state index in [9.17, 15) is 10.1 Å². The number of hydrogen-bond acceptors (Lipinski definition) is 4. The number of nitrogens with zero attached hydrogens (tertiary/aromatic N) is 2. The van der Waals surface area contributed by atoms with Crippen LogP contribution >= 0.6 is 0 Å². The molecule has 0 spiro atoms. The molecule has 0 bridgehead atoms. The summed E-state index contributed by atoms with van der Waals surface area (Å²) in [6.07, 6.45) is 3.13. The minimum atomic E-state index is -1.19. The van der Waals surface area contributed by atoms with Crippen LogP contribution in [0, 0.1) is 0 Å². The molecule has 0 saturated heterocycles. The third-order valence-electron chi connectivity index (χ3n) is 2.62. The lowest BCUT2D eigenvalue weighted by Gasteiger charge is -2.37. The fourth-order valence-corrected chi connectivity index (χ4v) is 0.873. The Balaban J connectivity index is 2.70. The molecule has 84 valence electrons. The molecule has 0 aliphatic heterocycles. The summed E-state index contributed by atoms with van der Waals surface area (Å²) in [4.78, 5) is 0. The van der Waals surface area contributed by atoms with Crippen molar-refractivity contribution in [2.45, 2.75) is 38.9 Å². The standard InChI is InChI=1S/C9H17BN2O3/c1-8(2,13)9(3,4)15-10(14)12-7-5-6-11-12/h5-7,13-14H,1-4H3. The van der Waals surface area contributed by atoms with Crippen molar-refractivity contribution in [3.05, 3.63) is 18.5 Å². The normalized spacial score (nSPS) is 12.9. The lowest BCUT2D eigenvalue weighted by molar-refractivity contribution is -0.102. The van der Waals surface area contributed by atoms with Crippen molar-refractivity contribution in [3.63, 3.8) is 0 Å². The highest BCUT2D eigenvalue weighted by molar-refractivity contribution is 6.40. The van der Waals surface area contributed by atoms with Crippen molar-refractivity contribution in [2.75, 3.05) is 0 Å². The third kappa shape index (κ3) is 2.81. The molecule has 1 rings (SSSR count). The zero-order valence-corrected chi connectivity index (χ0v) is 9.51. The summed E-state index contributed by atoms with van der Waals surface area (Å²) in [6, 6.07) is 1.68. The molecule has 2 N–H and O–H groups in total. The van der Waals surface area contributed by atoms with Gasteiger partial charge in [-0.25, -0.2) is 0 Å². The van der Waals surface area contributed by atoms with Gasteiger partial charge in [-0.1, -0.05) is 0 Å². The number of hydrogen-bond donors (Lipinski definition) is 2. The Morgan fingerprint density at radius 3 is 2.33 bits per heavy atom. The summed E-state index contributed by atoms with van der Waals surface area (Å²) in [5.41, 5.74) is -1.93. The van der Waals surface area contributed by atoms with Gasteiger partial charge in [0.2, 0.25) is 0 Å². The van der Waals surface area contributed by atoms with Crippen molar-refractivity contribution in [1.82, 2.24) is 9.69 Å². The van der Waals surface area contributed by atoms with E-state index >= 15 is 0 Å². The van der Waals surface area contributed by atoms with Crippen LogP contribution in [0.3, 0.4) is 0 Å². The second kappa shape index (κ2) is 3.96. The predicted octanol–water partition coefficient (Wildman–Crippen LogP) is 0.274. The van der Waals surface area contributed by atoms with E-state index in [1.807, 2.05) is 0 Å². The molecular formula is C9H17BN2O3. The van der Waals surface area contributed by atoms with Gasteiger partial charge >= 0.3 is 7.25 Å². The summed E-state index contributed by atoms with van der Waals surface area (Å²) in [7, 11) is -1.19. The van der Waals surface area contributed by atoms with Crippen LogP contribution in [0.15, 0.2) is 18.5 Å². The van der Waals surface area contributed by atoms with Crippen LogP contribution in [0.2, 0.25) is 0 Å². The Morgan fingerprint density at radius 2 is 1.93 bits per heavy atom. The molecular weight excluding hydrogens is 195 g/mol. The van der Waals surface area contributed by atoms with Gasteiger partial charge in [-0.05, 0) is 33.8 Å². The first-order valence-electron chi connectivity index (χ1n) is 4.81. The lowest BCUT2D eigenvalue weighted by atomic mass is 9.87. The average Bonchev–Trinajstić information content (AvgIpc) is 2.51. The molecule has 1 heterocycles. The van der Waals surface area contributed by atoms with Crippen LogP contribution in [-0.4, -0.2) is 38.3 Å². The minimum absolute atomic E-state index is 0.877. The number of rotatable bonds is 4. The largest absolute Gasteiger partial charge is 0.612 e. The first-order valence-corrected chi connectivity index (χ1v) is 4.81. The number of aromatic nitrogens is 2. The van der Waals surface area contributed by atoms with Gasteiger partial charge in [-0.15, -0.1) is 0 Å². The van der Waals surface area contributed by atoms with Gasteiger partial charge in [0.05, 0.1) is 11.2 Å². The Morgan fingerprint density at radius 1 is 1.33 bits per heavy atom. The van der Waals surface area contributed by atoms with Gasteiger partial charge in [0.15, 0.2) is 0 Å². The second-order valence-corrected chi connectivity index (χ2v) is 4.50. The van der Waals surface area contributed by atoms with E-state index in [4.69, 9.17) is 4.65 Å². The summed E-state index contributed by atoms with van der Waals surface area (Å²) in [5.74, 6) is 0. The topological polar surface area (TPSA) is 67.5 Å². The van der Waals surface area contributed by atoms with Crippen LogP contribution in [0.25, 0.3) is 0 Å². The summed E-state index contributed by atoms with van der Waals surface area (Å²) < 4.78 is 6.62. The van der Waals surface area contributed by atoms with Crippen LogP contribution in [0.4, 0.5) is 0 Å². The molecule has 5 nitrogen and oxygen atoms in total. The highest BCUT2D eigenvalue weighted by Gasteiger charge is 2.40. The monoisotopic (exact) mass is 212 g/mol. The van der Waals surface area contributed by atoms with Crippen LogP contribution in [0.1, 0.15) is 27.7 Å². The van der Waals surface area contributed by atoms with Crippen molar-refractivity contribution < 1.29 is 14.8 Å². The van der Waals surface area contributed by atoms with E-state index < -0.39 is 18.5 Å². The minimum Gasteiger partial charge on any atom is -0.406 e. The van der Waals surface area contributed by atoms with Gasteiger partial charge in [0.25, 0.3) is 0 Å². The maximum atomic E-state index is 9.83. The molecule has 0 unspecified atom stereocenters. The van der Waals surface area contributed by atoms with E-state index in [-0.39, 0.29) is 0 Å². The van der Waals surface area contributed by atoms with Gasteiger partial charge in [0.1, 0.15) is 0 Å². The highest BCUT2D eigenvalue weighted by Crippen LogP contribution is 2.25. The van der Waals surface area contributed by atoms with Crippen LogP contribution < -0.4 is 0 Å². The van der Waals surface area contributed by atoms with E-state index in [0.29, 0.717) is 0 Å². The van der Waals surface area contributed by atoms with Gasteiger partial charge in [-0.3, -0.25) is 4.59 Å². The predicted molar refractivity (Wildman–Crippen MR) is 57.1 cm³/mol. The summed E-state index contributed by atoms with van der Waals surface area (Å²) >= 11 is 0. The summed E-state index contributed by atoms with van der Waals surface area (Å²) in [6.45, 7) is 6.67. The van der Waals surface area contributed by atoms with Gasteiger partial charge in [0, 0.05) is 12.4 Å². The van der Waals surface area contributed by atoms with E-state index in [1.165, 1.54) is 4.59 Å². The fourth-order valence-electron chi connectivity index (χ4n) is 0.873. The Bertz CT molecular complexity index is 306. The molecule has 0 amide bonds. The maximum Gasteiger partial charge on any atom is 0.612 e. The molecule has 0 fully saturated rings. The Labute approximate surface area is 89.8 Å². The first kappa shape index (κ1) is 12.2. The average molecular weight is 212 g/mol. The summed E-state index contributed by atoms with van der Waals surface area (Å²) in [5, 5.41) is 23.3. The molecule has 15 heavy (non-hydrogen) atoms. The first-order chi connectivity index (χ1) is 6.74. The number of aliphatic hydroxyl groups is 1. The van der Waals surface area contributed by atoms with E-state index in [1.54, 1.807) is 46.2 Å². The maximum absolute atomic E-state index is 9.83. The molecule has 0 aromatic carbocycles. The van der Waals surface area contributed by atoms with E-state index in [0.717, 1.165) is 0 Å². The SMILES string of the molecule is CC(C)(O)C(C)(C)OB(O)n1cccn1. The Kier molecular flexibility index (Phi) is 3.23. The highest BCUT2D eigenvalue weighted by atomic mass is 16.6. The van der Waals surface area contributed by atoms with Crippen molar-refractivity contribution in [2.24, 2.45) is 0 Å². The molecule has 1 aromatic rings. The lowest BCUT2D eigenvalue weighted by Crippen LogP contribution is -2.52. The van der Waals surface area contributed by atoms with Gasteiger partial charge in [-0.2, -0.15) is 5.10 Å². The van der Waals surface area contributed by atoms with Crippen molar-refractivity contribution in [3.8, 4) is 0 Å². The smallest absolute Gasteiger partial charge is 0.406 e. The quantitative estimate of drug-likeness (QED) is 0.703. The van der Waals surface area contributed by atoms with Crippen LogP contribution in [0.5, 0.6) is 0 Å². The second-order valence-electron chi connectivity index (χ2n) is 4.50. The van der Waals surface area contributed by atoms with Crippen LogP contribution in [-0.2, 0) is 4.65 Å². The molecule has 1 aromatic heterocycles. The van der Waals surface area contributed by atoms with Crippen molar-refractivity contribution >= 4 is 7.25 Å². The van der Waals surface area contributed by atoms with Gasteiger partial charge < -0.3 is 14.8 Å². The third-order valence-corrected chi connectivity index (χ3v) is 2.62. The molecule has 6 heteroatoms.